The topological polar surface area (TPSA) is 75.6 Å². The zero-order valence-electron chi connectivity index (χ0n) is 9.98. The van der Waals surface area contributed by atoms with Gasteiger partial charge in [-0.05, 0) is 45.0 Å². The van der Waals surface area contributed by atoms with E-state index in [1.54, 1.807) is 20.8 Å². The first-order valence-corrected chi connectivity index (χ1v) is 5.11. The Labute approximate surface area is 99.0 Å². The van der Waals surface area contributed by atoms with Gasteiger partial charge < -0.3 is 9.84 Å². The van der Waals surface area contributed by atoms with E-state index in [9.17, 15) is 9.59 Å². The summed E-state index contributed by atoms with van der Waals surface area (Å²) in [5.41, 5.74) is -0.730. The third kappa shape index (κ3) is 4.55. The van der Waals surface area contributed by atoms with E-state index in [-0.39, 0.29) is 5.75 Å². The van der Waals surface area contributed by atoms with Crippen molar-refractivity contribution in [1.29, 1.82) is 0 Å². The second kappa shape index (κ2) is 4.86. The molecule has 0 aliphatic heterocycles. The summed E-state index contributed by atoms with van der Waals surface area (Å²) in [5, 5.41) is 11.6. The molecule has 0 aromatic heterocycles. The molecule has 5 heteroatoms. The van der Waals surface area contributed by atoms with Gasteiger partial charge in [-0.3, -0.25) is 10.1 Å². The van der Waals surface area contributed by atoms with Crippen molar-refractivity contribution >= 4 is 11.8 Å². The van der Waals surface area contributed by atoms with Gasteiger partial charge in [-0.2, -0.15) is 0 Å². The molecule has 1 rings (SSSR count). The summed E-state index contributed by atoms with van der Waals surface area (Å²) >= 11 is 0. The number of hydrogen-bond acceptors (Lipinski definition) is 4. The minimum Gasteiger partial charge on any atom is -0.504 e. The molecule has 2 N–H and O–H groups in total. The number of nitrogens with one attached hydrogen (secondary N) is 1. The monoisotopic (exact) mass is 237 g/mol. The van der Waals surface area contributed by atoms with Crippen molar-refractivity contribution in [1.82, 2.24) is 0 Å². The van der Waals surface area contributed by atoms with Crippen LogP contribution in [-0.4, -0.2) is 16.8 Å². The molecule has 1 aromatic rings. The van der Waals surface area contributed by atoms with Crippen molar-refractivity contribution in [3.63, 3.8) is 0 Å². The first kappa shape index (κ1) is 13.0. The average Bonchev–Trinajstić information content (AvgIpc) is 2.30. The van der Waals surface area contributed by atoms with E-state index in [0.29, 0.717) is 5.69 Å². The van der Waals surface area contributed by atoms with E-state index in [1.807, 2.05) is 0 Å². The highest BCUT2D eigenvalue weighted by molar-refractivity contribution is 5.84. The second-order valence-corrected chi connectivity index (χ2v) is 4.50. The first-order chi connectivity index (χ1) is 7.78. The van der Waals surface area contributed by atoms with Crippen LogP contribution in [0.15, 0.2) is 29.1 Å². The van der Waals surface area contributed by atoms with Crippen LogP contribution in [0.25, 0.3) is 0 Å². The lowest BCUT2D eigenvalue weighted by atomic mass is 10.2. The molecule has 17 heavy (non-hydrogen) atoms. The fourth-order valence-corrected chi connectivity index (χ4v) is 1.06. The molecule has 0 fully saturated rings. The molecule has 0 aliphatic rings. The van der Waals surface area contributed by atoms with Gasteiger partial charge in [0.2, 0.25) is 5.43 Å². The maximum atomic E-state index is 11.4. The number of amides is 1. The molecular weight excluding hydrogens is 222 g/mol. The molecule has 0 bridgehead atoms. The smallest absolute Gasteiger partial charge is 0.412 e. The van der Waals surface area contributed by atoms with Crippen LogP contribution in [0.5, 0.6) is 5.75 Å². The van der Waals surface area contributed by atoms with E-state index in [4.69, 9.17) is 9.84 Å². The van der Waals surface area contributed by atoms with Crippen molar-refractivity contribution in [2.75, 3.05) is 5.32 Å². The van der Waals surface area contributed by atoms with Crippen LogP contribution in [0, 0.1) is 0 Å². The molecule has 0 aliphatic carbocycles. The van der Waals surface area contributed by atoms with Crippen LogP contribution in [0.1, 0.15) is 20.8 Å². The predicted octanol–water partition coefficient (Wildman–Crippen LogP) is 2.10. The lowest BCUT2D eigenvalue weighted by Gasteiger charge is -2.19. The molecule has 0 saturated carbocycles. The number of aromatic hydroxyl groups is 1. The highest BCUT2D eigenvalue weighted by Gasteiger charge is 2.15. The summed E-state index contributed by atoms with van der Waals surface area (Å²) in [5.74, 6) is -0.373. The minimum absolute atomic E-state index is 0.372. The molecule has 1 amide bonds. The van der Waals surface area contributed by atoms with Gasteiger partial charge in [0.1, 0.15) is 5.60 Å². The molecule has 0 radical (unpaired) electrons. The second-order valence-electron chi connectivity index (χ2n) is 4.50. The van der Waals surface area contributed by atoms with E-state index in [0.717, 1.165) is 0 Å². The van der Waals surface area contributed by atoms with Gasteiger partial charge in [0.05, 0.1) is 0 Å². The summed E-state index contributed by atoms with van der Waals surface area (Å²) < 4.78 is 5.04. The Hall–Kier alpha value is -2.04. The van der Waals surface area contributed by atoms with Crippen molar-refractivity contribution < 1.29 is 14.6 Å². The van der Waals surface area contributed by atoms with Crippen molar-refractivity contribution in [3.05, 3.63) is 34.5 Å². The van der Waals surface area contributed by atoms with Gasteiger partial charge in [-0.25, -0.2) is 4.79 Å². The zero-order chi connectivity index (χ0) is 13.1. The molecule has 0 atom stereocenters. The Kier molecular flexibility index (Phi) is 3.73. The Morgan fingerprint density at radius 1 is 1.24 bits per heavy atom. The highest BCUT2D eigenvalue weighted by Crippen LogP contribution is 2.11. The van der Waals surface area contributed by atoms with Crippen LogP contribution in [0.3, 0.4) is 0 Å². The van der Waals surface area contributed by atoms with E-state index >= 15 is 0 Å². The van der Waals surface area contributed by atoms with Crippen molar-refractivity contribution in [2.24, 2.45) is 0 Å². The maximum absolute atomic E-state index is 11.4. The maximum Gasteiger partial charge on any atom is 0.412 e. The minimum atomic E-state index is -0.615. The number of hydrogen-bond donors (Lipinski definition) is 2. The number of carbonyl (C=O) groups is 1. The van der Waals surface area contributed by atoms with E-state index < -0.39 is 17.1 Å². The Bertz CT molecular complexity index is 477. The third-order valence-corrected chi connectivity index (χ3v) is 1.73. The summed E-state index contributed by atoms with van der Waals surface area (Å²) in [6.07, 6.45) is -0.615. The fraction of sp³-hybridized carbons (Fsp3) is 0.333. The van der Waals surface area contributed by atoms with Crippen molar-refractivity contribution in [3.8, 4) is 5.75 Å². The van der Waals surface area contributed by atoms with Crippen LogP contribution in [0.4, 0.5) is 10.5 Å². The van der Waals surface area contributed by atoms with Crippen molar-refractivity contribution in [2.45, 2.75) is 26.4 Å². The molecule has 92 valence electrons. The summed E-state index contributed by atoms with van der Waals surface area (Å²) in [6.45, 7) is 5.25. The Morgan fingerprint density at radius 3 is 2.41 bits per heavy atom. The van der Waals surface area contributed by atoms with E-state index in [2.05, 4.69) is 5.32 Å². The van der Waals surface area contributed by atoms with Crippen LogP contribution >= 0.6 is 0 Å². The summed E-state index contributed by atoms with van der Waals surface area (Å²) in [4.78, 5) is 22.5. The van der Waals surface area contributed by atoms with Crippen LogP contribution in [-0.2, 0) is 4.74 Å². The Morgan fingerprint density at radius 2 is 1.82 bits per heavy atom. The van der Waals surface area contributed by atoms with Crippen LogP contribution < -0.4 is 10.7 Å². The van der Waals surface area contributed by atoms with Gasteiger partial charge >= 0.3 is 6.09 Å². The fourth-order valence-electron chi connectivity index (χ4n) is 1.06. The van der Waals surface area contributed by atoms with Gasteiger partial charge in [-0.15, -0.1) is 0 Å². The largest absolute Gasteiger partial charge is 0.504 e. The predicted molar refractivity (Wildman–Crippen MR) is 64.2 cm³/mol. The molecule has 0 unspecified atom stereocenters. The molecule has 1 aromatic carbocycles. The summed E-state index contributed by atoms with van der Waals surface area (Å²) in [7, 11) is 0. The van der Waals surface area contributed by atoms with Gasteiger partial charge in [-0.1, -0.05) is 0 Å². The molecule has 5 nitrogen and oxygen atoms in total. The van der Waals surface area contributed by atoms with Gasteiger partial charge in [0.15, 0.2) is 5.75 Å². The lowest BCUT2D eigenvalue weighted by molar-refractivity contribution is 0.0636. The highest BCUT2D eigenvalue weighted by atomic mass is 16.6. The lowest BCUT2D eigenvalue weighted by Crippen LogP contribution is -2.27. The summed E-state index contributed by atoms with van der Waals surface area (Å²) in [6, 6.07) is 5.20. The molecule has 0 spiro atoms. The molecule has 0 heterocycles. The average molecular weight is 237 g/mol. The van der Waals surface area contributed by atoms with E-state index in [1.165, 1.54) is 24.3 Å². The zero-order valence-corrected chi connectivity index (χ0v) is 9.98. The number of anilines is 1. The normalized spacial score (nSPS) is 10.8. The standard InChI is InChI=1S/C12H15NO4/c1-12(2,3)17-11(16)13-8-4-6-9(14)10(15)7-5-8/h4-7H,1-3H3,(H,13,16)(H,14,15). The molecular formula is C12H15NO4. The SMILES string of the molecule is CC(C)(C)OC(=O)Nc1ccc(O)c(=O)cc1. The number of carbonyl (C=O) groups excluding carboxylic acids is 1. The van der Waals surface area contributed by atoms with Gasteiger partial charge in [0, 0.05) is 5.69 Å². The number of rotatable bonds is 1. The number of ether oxygens (including phenoxy) is 1. The molecule has 0 saturated heterocycles. The quantitative estimate of drug-likeness (QED) is 0.784. The Balaban J connectivity index is 2.80. The van der Waals surface area contributed by atoms with Gasteiger partial charge in [0.25, 0.3) is 0 Å². The van der Waals surface area contributed by atoms with Crippen LogP contribution in [0.2, 0.25) is 0 Å². The third-order valence-electron chi connectivity index (χ3n) is 1.73. The first-order valence-electron chi connectivity index (χ1n) is 5.11.